The Morgan fingerprint density at radius 3 is 2.76 bits per heavy atom. The fraction of sp³-hybridized carbons (Fsp3) is 0.727. The molecule has 0 saturated carbocycles. The van der Waals surface area contributed by atoms with Gasteiger partial charge in [0, 0.05) is 6.61 Å². The Morgan fingerprint density at radius 2 is 2.18 bits per heavy atom. The van der Waals surface area contributed by atoms with Crippen LogP contribution in [0.25, 0.3) is 0 Å². The molecule has 0 aromatic carbocycles. The van der Waals surface area contributed by atoms with Crippen LogP contribution in [0.15, 0.2) is 0 Å². The Morgan fingerprint density at radius 1 is 1.47 bits per heavy atom. The average Bonchev–Trinajstić information content (AvgIpc) is 2.76. The molecule has 0 aromatic heterocycles. The van der Waals surface area contributed by atoms with Crippen molar-refractivity contribution in [2.45, 2.75) is 25.8 Å². The number of carbonyl (C=O) groups is 3. The van der Waals surface area contributed by atoms with E-state index in [0.29, 0.717) is 19.6 Å². The van der Waals surface area contributed by atoms with E-state index in [9.17, 15) is 14.4 Å². The highest BCUT2D eigenvalue weighted by atomic mass is 16.5. The second-order valence-corrected chi connectivity index (χ2v) is 4.92. The smallest absolute Gasteiger partial charge is 0.252 e. The molecule has 6 heteroatoms. The minimum atomic E-state index is -0.979. The zero-order chi connectivity index (χ0) is 12.6. The van der Waals surface area contributed by atoms with E-state index in [0.717, 1.165) is 0 Å². The molecule has 0 bridgehead atoms. The molecule has 2 heterocycles. The maximum atomic E-state index is 12.2. The quantitative estimate of drug-likeness (QED) is 0.614. The van der Waals surface area contributed by atoms with Crippen LogP contribution in [-0.2, 0) is 19.1 Å². The molecule has 2 fully saturated rings. The van der Waals surface area contributed by atoms with Gasteiger partial charge < -0.3 is 9.64 Å². The van der Waals surface area contributed by atoms with Crippen LogP contribution in [-0.4, -0.2) is 47.9 Å². The van der Waals surface area contributed by atoms with Crippen LogP contribution < -0.4 is 5.32 Å². The number of piperazine rings is 1. The number of ether oxygens (including phenoxy) is 1. The number of amides is 3. The van der Waals surface area contributed by atoms with Crippen LogP contribution in [0.2, 0.25) is 0 Å². The summed E-state index contributed by atoms with van der Waals surface area (Å²) < 4.78 is 5.16. The van der Waals surface area contributed by atoms with Gasteiger partial charge in [-0.1, -0.05) is 0 Å². The largest absolute Gasteiger partial charge is 0.381 e. The Hall–Kier alpha value is -1.43. The monoisotopic (exact) mass is 240 g/mol. The minimum Gasteiger partial charge on any atom is -0.381 e. The van der Waals surface area contributed by atoms with Crippen molar-refractivity contribution in [3.63, 3.8) is 0 Å². The summed E-state index contributed by atoms with van der Waals surface area (Å²) in [5, 5.41) is 2.24. The van der Waals surface area contributed by atoms with Gasteiger partial charge in [0.05, 0.1) is 12.5 Å². The first-order valence-corrected chi connectivity index (χ1v) is 5.66. The SMILES string of the molecule is CC1(C)C(=O)NC(=O)CN1C(=O)C1CCOC1. The van der Waals surface area contributed by atoms with E-state index in [1.54, 1.807) is 13.8 Å². The second-order valence-electron chi connectivity index (χ2n) is 4.92. The van der Waals surface area contributed by atoms with Gasteiger partial charge in [0.1, 0.15) is 12.1 Å². The lowest BCUT2D eigenvalue weighted by atomic mass is 9.95. The van der Waals surface area contributed by atoms with Gasteiger partial charge in [0.25, 0.3) is 5.91 Å². The summed E-state index contributed by atoms with van der Waals surface area (Å²) in [5.41, 5.74) is -0.979. The van der Waals surface area contributed by atoms with Crippen molar-refractivity contribution in [1.82, 2.24) is 10.2 Å². The van der Waals surface area contributed by atoms with E-state index in [1.807, 2.05) is 0 Å². The number of imide groups is 1. The van der Waals surface area contributed by atoms with Crippen LogP contribution in [0.4, 0.5) is 0 Å². The number of hydrogen-bond acceptors (Lipinski definition) is 4. The normalized spacial score (nSPS) is 28.1. The van der Waals surface area contributed by atoms with E-state index in [1.165, 1.54) is 4.90 Å². The highest BCUT2D eigenvalue weighted by molar-refractivity contribution is 6.06. The first kappa shape index (κ1) is 12.0. The maximum Gasteiger partial charge on any atom is 0.252 e. The third-order valence-electron chi connectivity index (χ3n) is 3.33. The van der Waals surface area contributed by atoms with Gasteiger partial charge in [0.2, 0.25) is 11.8 Å². The number of hydrogen-bond donors (Lipinski definition) is 1. The topological polar surface area (TPSA) is 75.7 Å². The van der Waals surface area contributed by atoms with Gasteiger partial charge in [-0.2, -0.15) is 0 Å². The molecule has 1 atom stereocenters. The van der Waals surface area contributed by atoms with Crippen LogP contribution >= 0.6 is 0 Å². The molecular formula is C11H16N2O4. The number of nitrogens with one attached hydrogen (secondary N) is 1. The lowest BCUT2D eigenvalue weighted by Gasteiger charge is -2.41. The molecule has 0 aliphatic carbocycles. The molecule has 2 saturated heterocycles. The predicted molar refractivity (Wildman–Crippen MR) is 57.9 cm³/mol. The Bertz CT molecular complexity index is 372. The van der Waals surface area contributed by atoms with E-state index < -0.39 is 17.4 Å². The summed E-state index contributed by atoms with van der Waals surface area (Å²) in [5.74, 6) is -1.26. The second kappa shape index (κ2) is 4.10. The predicted octanol–water partition coefficient (Wildman–Crippen LogP) is -0.713. The molecular weight excluding hydrogens is 224 g/mol. The van der Waals surface area contributed by atoms with Crippen LogP contribution in [0.1, 0.15) is 20.3 Å². The minimum absolute atomic E-state index is 0.0614. The van der Waals surface area contributed by atoms with E-state index in [2.05, 4.69) is 5.32 Å². The molecule has 17 heavy (non-hydrogen) atoms. The molecule has 6 nitrogen and oxygen atoms in total. The lowest BCUT2D eigenvalue weighted by Crippen LogP contribution is -2.66. The molecule has 2 aliphatic heterocycles. The first-order valence-electron chi connectivity index (χ1n) is 5.66. The average molecular weight is 240 g/mol. The summed E-state index contributed by atoms with van der Waals surface area (Å²) in [6, 6.07) is 0. The van der Waals surface area contributed by atoms with Gasteiger partial charge in [-0.3, -0.25) is 19.7 Å². The van der Waals surface area contributed by atoms with Crippen molar-refractivity contribution in [1.29, 1.82) is 0 Å². The van der Waals surface area contributed by atoms with Gasteiger partial charge >= 0.3 is 0 Å². The van der Waals surface area contributed by atoms with Gasteiger partial charge in [-0.15, -0.1) is 0 Å². The van der Waals surface area contributed by atoms with E-state index in [4.69, 9.17) is 4.74 Å². The van der Waals surface area contributed by atoms with Gasteiger partial charge in [-0.05, 0) is 20.3 Å². The van der Waals surface area contributed by atoms with E-state index in [-0.39, 0.29) is 18.4 Å². The molecule has 2 aliphatic rings. The number of nitrogens with zero attached hydrogens (tertiary/aromatic N) is 1. The summed E-state index contributed by atoms with van der Waals surface area (Å²) in [6.45, 7) is 4.16. The highest BCUT2D eigenvalue weighted by Crippen LogP contribution is 2.24. The maximum absolute atomic E-state index is 12.2. The molecule has 3 amide bonds. The van der Waals surface area contributed by atoms with Crippen molar-refractivity contribution in [3.05, 3.63) is 0 Å². The molecule has 0 radical (unpaired) electrons. The lowest BCUT2D eigenvalue weighted by molar-refractivity contribution is -0.157. The van der Waals surface area contributed by atoms with Crippen molar-refractivity contribution in [3.8, 4) is 0 Å². The molecule has 2 rings (SSSR count). The number of rotatable bonds is 1. The van der Waals surface area contributed by atoms with E-state index >= 15 is 0 Å². The Labute approximate surface area is 99.3 Å². The Balaban J connectivity index is 2.19. The molecule has 1 N–H and O–H groups in total. The molecule has 1 unspecified atom stereocenters. The zero-order valence-electron chi connectivity index (χ0n) is 9.99. The molecule has 94 valence electrons. The number of carbonyl (C=O) groups excluding carboxylic acids is 3. The summed E-state index contributed by atoms with van der Waals surface area (Å²) >= 11 is 0. The van der Waals surface area contributed by atoms with Crippen molar-refractivity contribution < 1.29 is 19.1 Å². The van der Waals surface area contributed by atoms with Crippen LogP contribution in [0, 0.1) is 5.92 Å². The van der Waals surface area contributed by atoms with Gasteiger partial charge in [0.15, 0.2) is 0 Å². The van der Waals surface area contributed by atoms with Crippen LogP contribution in [0.3, 0.4) is 0 Å². The van der Waals surface area contributed by atoms with Crippen LogP contribution in [0.5, 0.6) is 0 Å². The fourth-order valence-electron chi connectivity index (χ4n) is 2.09. The summed E-state index contributed by atoms with van der Waals surface area (Å²) in [4.78, 5) is 36.6. The van der Waals surface area contributed by atoms with Gasteiger partial charge in [-0.25, -0.2) is 0 Å². The summed E-state index contributed by atoms with van der Waals surface area (Å²) in [7, 11) is 0. The van der Waals surface area contributed by atoms with Crippen molar-refractivity contribution >= 4 is 17.7 Å². The first-order chi connectivity index (χ1) is 7.93. The molecule has 0 aromatic rings. The highest BCUT2D eigenvalue weighted by Gasteiger charge is 2.45. The van der Waals surface area contributed by atoms with Crippen molar-refractivity contribution in [2.24, 2.45) is 5.92 Å². The summed E-state index contributed by atoms with van der Waals surface area (Å²) in [6.07, 6.45) is 0.654. The zero-order valence-corrected chi connectivity index (χ0v) is 9.99. The third-order valence-corrected chi connectivity index (χ3v) is 3.33. The Kier molecular flexibility index (Phi) is 2.91. The molecule has 0 spiro atoms. The fourth-order valence-corrected chi connectivity index (χ4v) is 2.09. The third kappa shape index (κ3) is 2.04. The van der Waals surface area contributed by atoms with Crippen molar-refractivity contribution in [2.75, 3.05) is 19.8 Å². The standard InChI is InChI=1S/C11H16N2O4/c1-11(2)10(16)12-8(14)5-13(11)9(15)7-3-4-17-6-7/h7H,3-6H2,1-2H3,(H,12,14,16).